The normalized spacial score (nSPS) is 10.3. The maximum Gasteiger partial charge on any atom is 0.238 e. The molecule has 0 bridgehead atoms. The summed E-state index contributed by atoms with van der Waals surface area (Å²) in [4.78, 5) is 4.15. The standard InChI is InChI=1S/C13H13ClN2O/c1-9-4-2-3-5-12(9)17-13-11(14)6-10(7-15)8-16-13/h2-6,8H,7,15H2,1H3. The summed E-state index contributed by atoms with van der Waals surface area (Å²) in [7, 11) is 0. The predicted molar refractivity (Wildman–Crippen MR) is 68.4 cm³/mol. The molecule has 0 aliphatic heterocycles. The average Bonchev–Trinajstić information content (AvgIpc) is 2.34. The van der Waals surface area contributed by atoms with Gasteiger partial charge in [0.25, 0.3) is 0 Å². The molecule has 0 fully saturated rings. The molecule has 3 nitrogen and oxygen atoms in total. The van der Waals surface area contributed by atoms with Gasteiger partial charge in [-0.05, 0) is 30.2 Å². The van der Waals surface area contributed by atoms with Gasteiger partial charge in [-0.25, -0.2) is 4.98 Å². The molecule has 0 spiro atoms. The maximum absolute atomic E-state index is 6.07. The molecule has 1 heterocycles. The number of benzene rings is 1. The van der Waals surface area contributed by atoms with E-state index in [4.69, 9.17) is 22.1 Å². The number of halogens is 1. The second-order valence-electron chi connectivity index (χ2n) is 3.70. The Morgan fingerprint density at radius 2 is 2.12 bits per heavy atom. The molecule has 4 heteroatoms. The zero-order valence-corrected chi connectivity index (χ0v) is 10.2. The molecule has 88 valence electrons. The highest BCUT2D eigenvalue weighted by molar-refractivity contribution is 6.31. The minimum Gasteiger partial charge on any atom is -0.437 e. The summed E-state index contributed by atoms with van der Waals surface area (Å²) in [6.07, 6.45) is 1.67. The summed E-state index contributed by atoms with van der Waals surface area (Å²) in [5.41, 5.74) is 7.42. The molecule has 0 radical (unpaired) electrons. The van der Waals surface area contributed by atoms with E-state index in [2.05, 4.69) is 4.98 Å². The van der Waals surface area contributed by atoms with Gasteiger partial charge in [-0.3, -0.25) is 0 Å². The monoisotopic (exact) mass is 248 g/mol. The molecule has 1 aromatic heterocycles. The Hall–Kier alpha value is -1.58. The van der Waals surface area contributed by atoms with Gasteiger partial charge in [-0.2, -0.15) is 0 Å². The van der Waals surface area contributed by atoms with Gasteiger partial charge >= 0.3 is 0 Å². The van der Waals surface area contributed by atoms with Gasteiger partial charge in [0.05, 0.1) is 0 Å². The summed E-state index contributed by atoms with van der Waals surface area (Å²) in [5, 5.41) is 0.469. The van der Waals surface area contributed by atoms with Crippen LogP contribution in [0.2, 0.25) is 5.02 Å². The topological polar surface area (TPSA) is 48.1 Å². The smallest absolute Gasteiger partial charge is 0.238 e. The van der Waals surface area contributed by atoms with E-state index in [0.29, 0.717) is 17.4 Å². The van der Waals surface area contributed by atoms with Gasteiger partial charge in [0, 0.05) is 12.7 Å². The average molecular weight is 249 g/mol. The van der Waals surface area contributed by atoms with Crippen molar-refractivity contribution in [1.29, 1.82) is 0 Å². The van der Waals surface area contributed by atoms with Crippen molar-refractivity contribution in [2.45, 2.75) is 13.5 Å². The Morgan fingerprint density at radius 3 is 2.76 bits per heavy atom. The molecule has 2 N–H and O–H groups in total. The number of ether oxygens (including phenoxy) is 1. The van der Waals surface area contributed by atoms with Crippen molar-refractivity contribution in [2.75, 3.05) is 0 Å². The molecule has 0 atom stereocenters. The molecule has 17 heavy (non-hydrogen) atoms. The van der Waals surface area contributed by atoms with Crippen LogP contribution in [0.1, 0.15) is 11.1 Å². The third-order valence-corrected chi connectivity index (χ3v) is 2.67. The van der Waals surface area contributed by atoms with E-state index in [1.807, 2.05) is 31.2 Å². The summed E-state index contributed by atoms with van der Waals surface area (Å²) < 4.78 is 5.66. The lowest BCUT2D eigenvalue weighted by Crippen LogP contribution is -1.98. The first kappa shape index (κ1) is 11.9. The predicted octanol–water partition coefficient (Wildman–Crippen LogP) is 3.29. The Bertz CT molecular complexity index is 529. The van der Waals surface area contributed by atoms with E-state index in [1.54, 1.807) is 12.3 Å². The van der Waals surface area contributed by atoms with Crippen molar-refractivity contribution >= 4 is 11.6 Å². The largest absolute Gasteiger partial charge is 0.437 e. The minimum atomic E-state index is 0.401. The van der Waals surface area contributed by atoms with Gasteiger partial charge in [0.1, 0.15) is 10.8 Å². The van der Waals surface area contributed by atoms with E-state index >= 15 is 0 Å². The summed E-state index contributed by atoms with van der Waals surface area (Å²) in [6.45, 7) is 2.38. The van der Waals surface area contributed by atoms with Crippen LogP contribution in [0.25, 0.3) is 0 Å². The van der Waals surface area contributed by atoms with Crippen LogP contribution in [0.5, 0.6) is 11.6 Å². The van der Waals surface area contributed by atoms with Gasteiger partial charge in [0.15, 0.2) is 0 Å². The number of hydrogen-bond donors (Lipinski definition) is 1. The molecule has 0 unspecified atom stereocenters. The Labute approximate surface area is 105 Å². The van der Waals surface area contributed by atoms with E-state index in [9.17, 15) is 0 Å². The maximum atomic E-state index is 6.07. The van der Waals surface area contributed by atoms with E-state index in [0.717, 1.165) is 16.9 Å². The van der Waals surface area contributed by atoms with Crippen LogP contribution in [-0.2, 0) is 6.54 Å². The Morgan fingerprint density at radius 1 is 1.35 bits per heavy atom. The van der Waals surface area contributed by atoms with Crippen LogP contribution in [0, 0.1) is 6.92 Å². The fourth-order valence-corrected chi connectivity index (χ4v) is 1.65. The third kappa shape index (κ3) is 2.75. The zero-order chi connectivity index (χ0) is 12.3. The van der Waals surface area contributed by atoms with Crippen molar-refractivity contribution in [2.24, 2.45) is 5.73 Å². The Kier molecular flexibility index (Phi) is 3.61. The van der Waals surface area contributed by atoms with Gasteiger partial charge < -0.3 is 10.5 Å². The zero-order valence-electron chi connectivity index (χ0n) is 9.48. The first-order valence-corrected chi connectivity index (χ1v) is 5.66. The van der Waals surface area contributed by atoms with Crippen molar-refractivity contribution in [1.82, 2.24) is 4.98 Å². The Balaban J connectivity index is 2.28. The van der Waals surface area contributed by atoms with Gasteiger partial charge in [-0.15, -0.1) is 0 Å². The lowest BCUT2D eigenvalue weighted by Gasteiger charge is -2.09. The molecular weight excluding hydrogens is 236 g/mol. The number of para-hydroxylation sites is 1. The second-order valence-corrected chi connectivity index (χ2v) is 4.11. The third-order valence-electron chi connectivity index (χ3n) is 2.40. The summed E-state index contributed by atoms with van der Waals surface area (Å²) in [5.74, 6) is 1.15. The van der Waals surface area contributed by atoms with E-state index in [1.165, 1.54) is 0 Å². The quantitative estimate of drug-likeness (QED) is 0.907. The molecule has 1 aromatic carbocycles. The highest BCUT2D eigenvalue weighted by Crippen LogP contribution is 2.29. The van der Waals surface area contributed by atoms with Crippen molar-refractivity contribution in [3.05, 3.63) is 52.7 Å². The lowest BCUT2D eigenvalue weighted by atomic mass is 10.2. The number of nitrogens with zero attached hydrogens (tertiary/aromatic N) is 1. The number of rotatable bonds is 3. The van der Waals surface area contributed by atoms with Crippen LogP contribution in [-0.4, -0.2) is 4.98 Å². The summed E-state index contributed by atoms with van der Waals surface area (Å²) in [6, 6.07) is 9.48. The number of pyridine rings is 1. The van der Waals surface area contributed by atoms with Crippen LogP contribution in [0.4, 0.5) is 0 Å². The van der Waals surface area contributed by atoms with Crippen LogP contribution >= 0.6 is 11.6 Å². The van der Waals surface area contributed by atoms with Crippen LogP contribution < -0.4 is 10.5 Å². The first-order chi connectivity index (χ1) is 8.20. The highest BCUT2D eigenvalue weighted by Gasteiger charge is 2.07. The molecule has 0 saturated heterocycles. The molecule has 0 amide bonds. The number of nitrogens with two attached hydrogens (primary N) is 1. The first-order valence-electron chi connectivity index (χ1n) is 5.28. The SMILES string of the molecule is Cc1ccccc1Oc1ncc(CN)cc1Cl. The van der Waals surface area contributed by atoms with Crippen molar-refractivity contribution in [3.8, 4) is 11.6 Å². The highest BCUT2D eigenvalue weighted by atomic mass is 35.5. The molecule has 0 aliphatic carbocycles. The number of aryl methyl sites for hydroxylation is 1. The van der Waals surface area contributed by atoms with E-state index in [-0.39, 0.29) is 0 Å². The fourth-order valence-electron chi connectivity index (χ4n) is 1.43. The number of hydrogen-bond acceptors (Lipinski definition) is 3. The fraction of sp³-hybridized carbons (Fsp3) is 0.154. The molecular formula is C13H13ClN2O. The minimum absolute atomic E-state index is 0.401. The van der Waals surface area contributed by atoms with Crippen LogP contribution in [0.15, 0.2) is 36.5 Å². The lowest BCUT2D eigenvalue weighted by molar-refractivity contribution is 0.459. The molecule has 2 aromatic rings. The number of aromatic nitrogens is 1. The second kappa shape index (κ2) is 5.17. The van der Waals surface area contributed by atoms with Gasteiger partial charge in [-0.1, -0.05) is 29.8 Å². The van der Waals surface area contributed by atoms with E-state index < -0.39 is 0 Å². The van der Waals surface area contributed by atoms with Gasteiger partial charge in [0.2, 0.25) is 5.88 Å². The van der Waals surface area contributed by atoms with Crippen molar-refractivity contribution in [3.63, 3.8) is 0 Å². The molecule has 0 saturated carbocycles. The van der Waals surface area contributed by atoms with Crippen LogP contribution in [0.3, 0.4) is 0 Å². The molecule has 0 aliphatic rings. The molecule has 2 rings (SSSR count). The van der Waals surface area contributed by atoms with Crippen molar-refractivity contribution < 1.29 is 4.74 Å². The summed E-state index contributed by atoms with van der Waals surface area (Å²) >= 11 is 6.07.